The molecule has 0 aliphatic carbocycles. The molecule has 0 bridgehead atoms. The summed E-state index contributed by atoms with van der Waals surface area (Å²) in [6.07, 6.45) is 0. The van der Waals surface area contributed by atoms with Gasteiger partial charge in [-0.05, 0) is 60.6 Å². The third-order valence-electron chi connectivity index (χ3n) is 3.62. The molecule has 8 heteroatoms. The second-order valence-electron chi connectivity index (χ2n) is 6.44. The van der Waals surface area contributed by atoms with Crippen molar-refractivity contribution < 1.29 is 23.2 Å². The molecule has 1 atom stereocenters. The molecule has 2 rings (SSSR count). The van der Waals surface area contributed by atoms with Crippen molar-refractivity contribution in [3.05, 3.63) is 65.2 Å². The minimum absolute atomic E-state index is 0.204. The van der Waals surface area contributed by atoms with Gasteiger partial charge < -0.3 is 10.3 Å². The first-order valence-corrected chi connectivity index (χ1v) is 12.0. The van der Waals surface area contributed by atoms with Crippen LogP contribution in [0.3, 0.4) is 0 Å². The van der Waals surface area contributed by atoms with Crippen LogP contribution in [0.1, 0.15) is 47.1 Å². The Labute approximate surface area is 169 Å². The fourth-order valence-corrected chi connectivity index (χ4v) is 5.99. The SMILES string of the molecule is CCOP(=O)(Oc1ccc(C(=O)c2ccc(C(N)=O)cc2)cc1)SCC(C)C. The number of carbonyl (C=O) groups is 2. The van der Waals surface area contributed by atoms with E-state index in [1.54, 1.807) is 43.3 Å². The smallest absolute Gasteiger partial charge is 0.417 e. The Balaban J connectivity index is 2.12. The van der Waals surface area contributed by atoms with Crippen LogP contribution in [0, 0.1) is 5.92 Å². The average Bonchev–Trinajstić information content (AvgIpc) is 2.67. The van der Waals surface area contributed by atoms with Crippen LogP contribution < -0.4 is 10.3 Å². The Morgan fingerprint density at radius 3 is 1.96 bits per heavy atom. The van der Waals surface area contributed by atoms with E-state index in [0.29, 0.717) is 34.1 Å². The van der Waals surface area contributed by atoms with Crippen molar-refractivity contribution in [2.45, 2.75) is 20.8 Å². The fourth-order valence-electron chi connectivity index (χ4n) is 2.24. The molecule has 0 saturated heterocycles. The van der Waals surface area contributed by atoms with Crippen LogP contribution in [-0.2, 0) is 9.09 Å². The molecule has 6 nitrogen and oxygen atoms in total. The highest BCUT2D eigenvalue weighted by molar-refractivity contribution is 8.55. The van der Waals surface area contributed by atoms with Crippen molar-refractivity contribution in [1.82, 2.24) is 0 Å². The van der Waals surface area contributed by atoms with Gasteiger partial charge in [0.1, 0.15) is 5.75 Å². The lowest BCUT2D eigenvalue weighted by Crippen LogP contribution is -2.11. The number of primary amides is 1. The summed E-state index contributed by atoms with van der Waals surface area (Å²) in [5.74, 6) is 0.617. The zero-order chi connectivity index (χ0) is 20.7. The molecule has 1 amide bonds. The molecule has 150 valence electrons. The lowest BCUT2D eigenvalue weighted by molar-refractivity contribution is 0.0996. The van der Waals surface area contributed by atoms with Crippen LogP contribution in [0.5, 0.6) is 5.75 Å². The second kappa shape index (κ2) is 9.92. The lowest BCUT2D eigenvalue weighted by Gasteiger charge is -2.18. The molecule has 0 heterocycles. The van der Waals surface area contributed by atoms with Crippen LogP contribution in [-0.4, -0.2) is 24.1 Å². The third kappa shape index (κ3) is 6.23. The van der Waals surface area contributed by atoms with E-state index in [4.69, 9.17) is 14.8 Å². The van der Waals surface area contributed by atoms with Gasteiger partial charge in [0.05, 0.1) is 6.61 Å². The molecule has 0 aromatic heterocycles. The summed E-state index contributed by atoms with van der Waals surface area (Å²) in [5, 5.41) is 0. The van der Waals surface area contributed by atoms with Crippen LogP contribution >= 0.6 is 18.2 Å². The summed E-state index contributed by atoms with van der Waals surface area (Å²) >= 11 is 1.17. The summed E-state index contributed by atoms with van der Waals surface area (Å²) in [6.45, 7) is 2.77. The van der Waals surface area contributed by atoms with Gasteiger partial charge in [-0.1, -0.05) is 26.0 Å². The van der Waals surface area contributed by atoms with E-state index in [-0.39, 0.29) is 12.4 Å². The Bertz CT molecular complexity index is 865. The third-order valence-corrected chi connectivity index (χ3v) is 7.70. The van der Waals surface area contributed by atoms with Crippen LogP contribution in [0.4, 0.5) is 0 Å². The summed E-state index contributed by atoms with van der Waals surface area (Å²) in [7, 11) is 0. The van der Waals surface area contributed by atoms with Crippen molar-refractivity contribution in [3.8, 4) is 5.75 Å². The molecule has 0 radical (unpaired) electrons. The number of ketones is 1. The maximum absolute atomic E-state index is 12.8. The Morgan fingerprint density at radius 2 is 1.50 bits per heavy atom. The van der Waals surface area contributed by atoms with Crippen molar-refractivity contribution >= 4 is 29.9 Å². The zero-order valence-electron chi connectivity index (χ0n) is 16.1. The summed E-state index contributed by atoms with van der Waals surface area (Å²) < 4.78 is 23.8. The Morgan fingerprint density at radius 1 is 1.00 bits per heavy atom. The minimum Gasteiger partial charge on any atom is -0.417 e. The number of hydrogen-bond acceptors (Lipinski definition) is 6. The number of amides is 1. The van der Waals surface area contributed by atoms with Gasteiger partial charge >= 0.3 is 6.80 Å². The number of benzene rings is 2. The highest BCUT2D eigenvalue weighted by Crippen LogP contribution is 2.60. The first kappa shape index (κ1) is 22.2. The maximum Gasteiger partial charge on any atom is 0.440 e. The van der Waals surface area contributed by atoms with Gasteiger partial charge in [-0.2, -0.15) is 0 Å². The lowest BCUT2D eigenvalue weighted by atomic mass is 10.0. The molecule has 28 heavy (non-hydrogen) atoms. The average molecular weight is 421 g/mol. The van der Waals surface area contributed by atoms with Gasteiger partial charge in [0.25, 0.3) is 0 Å². The van der Waals surface area contributed by atoms with Crippen molar-refractivity contribution in [1.29, 1.82) is 0 Å². The monoisotopic (exact) mass is 421 g/mol. The molecule has 0 spiro atoms. The molecule has 2 N–H and O–H groups in total. The number of hydrogen-bond donors (Lipinski definition) is 1. The van der Waals surface area contributed by atoms with Crippen LogP contribution in [0.2, 0.25) is 0 Å². The van der Waals surface area contributed by atoms with Crippen LogP contribution in [0.15, 0.2) is 48.5 Å². The molecule has 0 aliphatic heterocycles. The van der Waals surface area contributed by atoms with Gasteiger partial charge in [-0.15, -0.1) is 0 Å². The predicted octanol–water partition coefficient (Wildman–Crippen LogP) is 4.93. The van der Waals surface area contributed by atoms with Gasteiger partial charge in [0.15, 0.2) is 5.78 Å². The Kier molecular flexibility index (Phi) is 7.87. The maximum atomic E-state index is 12.8. The predicted molar refractivity (Wildman–Crippen MR) is 112 cm³/mol. The van der Waals surface area contributed by atoms with E-state index in [2.05, 4.69) is 0 Å². The minimum atomic E-state index is -3.32. The largest absolute Gasteiger partial charge is 0.440 e. The first-order valence-electron chi connectivity index (χ1n) is 8.87. The number of carbonyl (C=O) groups excluding carboxylic acids is 2. The molecule has 2 aromatic carbocycles. The van der Waals surface area contributed by atoms with Gasteiger partial charge in [-0.3, -0.25) is 14.1 Å². The van der Waals surface area contributed by atoms with Crippen molar-refractivity contribution in [2.75, 3.05) is 12.4 Å². The number of nitrogens with two attached hydrogens (primary N) is 1. The van der Waals surface area contributed by atoms with Crippen molar-refractivity contribution in [2.24, 2.45) is 11.7 Å². The highest BCUT2D eigenvalue weighted by atomic mass is 32.7. The molecular weight excluding hydrogens is 397 g/mol. The van der Waals surface area contributed by atoms with Gasteiger partial charge in [0, 0.05) is 22.4 Å². The standard InChI is InChI=1S/C20H24NO5PS/c1-4-25-27(24,28-13-14(2)3)26-18-11-9-16(10-12-18)19(22)15-5-7-17(8-6-15)20(21)23/h5-12,14H,4,13H2,1-3H3,(H2,21,23). The molecule has 0 aliphatic rings. The second-order valence-corrected chi connectivity index (χ2v) is 10.5. The quantitative estimate of drug-likeness (QED) is 0.432. The van der Waals surface area contributed by atoms with E-state index in [1.807, 2.05) is 13.8 Å². The summed E-state index contributed by atoms with van der Waals surface area (Å²) in [6, 6.07) is 12.5. The topological polar surface area (TPSA) is 95.7 Å². The van der Waals surface area contributed by atoms with E-state index < -0.39 is 12.7 Å². The van der Waals surface area contributed by atoms with E-state index in [9.17, 15) is 14.2 Å². The Hall–Kier alpha value is -2.08. The normalized spacial score (nSPS) is 13.1. The fraction of sp³-hybridized carbons (Fsp3) is 0.300. The molecular formula is C20H24NO5PS. The molecule has 2 aromatic rings. The molecule has 0 saturated carbocycles. The molecule has 1 unspecified atom stereocenters. The molecule has 0 fully saturated rings. The van der Waals surface area contributed by atoms with E-state index in [1.165, 1.54) is 23.5 Å². The zero-order valence-corrected chi connectivity index (χ0v) is 17.8. The van der Waals surface area contributed by atoms with E-state index >= 15 is 0 Å². The van der Waals surface area contributed by atoms with E-state index in [0.717, 1.165) is 0 Å². The van der Waals surface area contributed by atoms with Gasteiger partial charge in [-0.25, -0.2) is 4.57 Å². The summed E-state index contributed by atoms with van der Waals surface area (Å²) in [4.78, 5) is 23.7. The first-order chi connectivity index (χ1) is 13.2. The number of rotatable bonds is 10. The van der Waals surface area contributed by atoms with Crippen LogP contribution in [0.25, 0.3) is 0 Å². The van der Waals surface area contributed by atoms with Crippen molar-refractivity contribution in [3.63, 3.8) is 0 Å². The highest BCUT2D eigenvalue weighted by Gasteiger charge is 2.27. The van der Waals surface area contributed by atoms with Gasteiger partial charge in [0.2, 0.25) is 5.91 Å². The summed E-state index contributed by atoms with van der Waals surface area (Å²) in [5.41, 5.74) is 6.42.